The first kappa shape index (κ1) is 9.08. The maximum absolute atomic E-state index is 5.09. The molecule has 0 amide bonds. The van der Waals surface area contributed by atoms with E-state index in [4.69, 9.17) is 6.42 Å². The molecule has 0 aromatic carbocycles. The van der Waals surface area contributed by atoms with Crippen molar-refractivity contribution in [3.05, 3.63) is 22.3 Å². The number of terminal acetylenes is 1. The normalized spacial score (nSPS) is 9.08. The lowest BCUT2D eigenvalue weighted by Gasteiger charge is -2.02. The molecular weight excluding hydrogens is 216 g/mol. The summed E-state index contributed by atoms with van der Waals surface area (Å²) in [5.74, 6) is 3.30. The Hall–Kier alpha value is -1.01. The van der Waals surface area contributed by atoms with Crippen LogP contribution in [-0.4, -0.2) is 11.5 Å². The number of hydrogen-bond donors (Lipinski definition) is 1. The second-order valence-corrected chi connectivity index (χ2v) is 3.23. The Morgan fingerprint density at radius 1 is 1.75 bits per heavy atom. The summed E-state index contributed by atoms with van der Waals surface area (Å²) in [7, 11) is 0. The predicted molar refractivity (Wildman–Crippen MR) is 54.0 cm³/mol. The highest BCUT2D eigenvalue weighted by Crippen LogP contribution is 2.16. The molecule has 1 aromatic rings. The maximum atomic E-state index is 5.09. The standard InChI is InChI=1S/C9H9BrN2/c1-3-4-11-9-5-7(2)8(10)6-12-9/h1,5-6H,4H2,2H3,(H,11,12). The zero-order chi connectivity index (χ0) is 8.97. The molecule has 0 atom stereocenters. The molecule has 0 radical (unpaired) electrons. The summed E-state index contributed by atoms with van der Waals surface area (Å²) in [6, 6.07) is 1.95. The first-order valence-corrected chi connectivity index (χ1v) is 4.33. The largest absolute Gasteiger partial charge is 0.359 e. The third-order valence-electron chi connectivity index (χ3n) is 1.42. The average Bonchev–Trinajstić information content (AvgIpc) is 2.07. The van der Waals surface area contributed by atoms with Gasteiger partial charge in [0.1, 0.15) is 5.82 Å². The Labute approximate surface area is 80.5 Å². The molecule has 0 unspecified atom stereocenters. The number of nitrogens with one attached hydrogen (secondary N) is 1. The number of halogens is 1. The van der Waals surface area contributed by atoms with Gasteiger partial charge >= 0.3 is 0 Å². The molecule has 0 spiro atoms. The van der Waals surface area contributed by atoms with Crippen LogP contribution in [0, 0.1) is 19.3 Å². The summed E-state index contributed by atoms with van der Waals surface area (Å²) in [6.45, 7) is 2.51. The van der Waals surface area contributed by atoms with Crippen molar-refractivity contribution in [1.82, 2.24) is 4.98 Å². The van der Waals surface area contributed by atoms with Crippen LogP contribution in [-0.2, 0) is 0 Å². The zero-order valence-electron chi connectivity index (χ0n) is 6.76. The van der Waals surface area contributed by atoms with E-state index in [9.17, 15) is 0 Å². The van der Waals surface area contributed by atoms with Gasteiger partial charge in [-0.3, -0.25) is 0 Å². The first-order valence-electron chi connectivity index (χ1n) is 3.53. The maximum Gasteiger partial charge on any atom is 0.126 e. The smallest absolute Gasteiger partial charge is 0.126 e. The van der Waals surface area contributed by atoms with Crippen molar-refractivity contribution >= 4 is 21.7 Å². The molecule has 0 aliphatic carbocycles. The highest BCUT2D eigenvalue weighted by atomic mass is 79.9. The highest BCUT2D eigenvalue weighted by Gasteiger charge is 1.96. The number of pyridine rings is 1. The fourth-order valence-electron chi connectivity index (χ4n) is 0.778. The molecule has 1 rings (SSSR count). The fraction of sp³-hybridized carbons (Fsp3) is 0.222. The second kappa shape index (κ2) is 4.13. The minimum Gasteiger partial charge on any atom is -0.359 e. The average molecular weight is 225 g/mol. The van der Waals surface area contributed by atoms with E-state index in [0.717, 1.165) is 15.9 Å². The molecule has 2 nitrogen and oxygen atoms in total. The molecule has 1 heterocycles. The summed E-state index contributed by atoms with van der Waals surface area (Å²) in [6.07, 6.45) is 6.85. The molecule has 0 aliphatic heterocycles. The van der Waals surface area contributed by atoms with E-state index in [-0.39, 0.29) is 0 Å². The first-order chi connectivity index (χ1) is 5.74. The Morgan fingerprint density at radius 2 is 2.50 bits per heavy atom. The quantitative estimate of drug-likeness (QED) is 0.780. The molecule has 0 aliphatic rings. The summed E-state index contributed by atoms with van der Waals surface area (Å²) >= 11 is 3.37. The van der Waals surface area contributed by atoms with Crippen molar-refractivity contribution in [3.63, 3.8) is 0 Å². The lowest BCUT2D eigenvalue weighted by Crippen LogP contribution is -2.00. The molecule has 0 saturated heterocycles. The molecule has 1 N–H and O–H groups in total. The van der Waals surface area contributed by atoms with Crippen molar-refractivity contribution < 1.29 is 0 Å². The number of anilines is 1. The van der Waals surface area contributed by atoms with Crippen molar-refractivity contribution in [2.45, 2.75) is 6.92 Å². The van der Waals surface area contributed by atoms with Crippen LogP contribution < -0.4 is 5.32 Å². The Morgan fingerprint density at radius 3 is 3.08 bits per heavy atom. The van der Waals surface area contributed by atoms with Crippen LogP contribution >= 0.6 is 15.9 Å². The van der Waals surface area contributed by atoms with Crippen LogP contribution in [0.15, 0.2) is 16.7 Å². The molecule has 0 saturated carbocycles. The van der Waals surface area contributed by atoms with Gasteiger partial charge in [0.05, 0.1) is 6.54 Å². The Kier molecular flexibility index (Phi) is 3.12. The van der Waals surface area contributed by atoms with E-state index < -0.39 is 0 Å². The van der Waals surface area contributed by atoms with E-state index in [0.29, 0.717) is 6.54 Å². The van der Waals surface area contributed by atoms with E-state index >= 15 is 0 Å². The van der Waals surface area contributed by atoms with E-state index in [1.54, 1.807) is 6.20 Å². The zero-order valence-corrected chi connectivity index (χ0v) is 8.35. The summed E-state index contributed by atoms with van der Waals surface area (Å²) in [4.78, 5) is 4.12. The number of aromatic nitrogens is 1. The van der Waals surface area contributed by atoms with Crippen LogP contribution in [0.5, 0.6) is 0 Å². The van der Waals surface area contributed by atoms with Crippen molar-refractivity contribution in [2.24, 2.45) is 0 Å². The summed E-state index contributed by atoms with van der Waals surface area (Å²) < 4.78 is 1.01. The highest BCUT2D eigenvalue weighted by molar-refractivity contribution is 9.10. The number of rotatable bonds is 2. The third kappa shape index (κ3) is 2.24. The van der Waals surface area contributed by atoms with Gasteiger partial charge in [0.2, 0.25) is 0 Å². The van der Waals surface area contributed by atoms with Gasteiger partial charge in [-0.2, -0.15) is 0 Å². The van der Waals surface area contributed by atoms with Crippen LogP contribution in [0.25, 0.3) is 0 Å². The van der Waals surface area contributed by atoms with E-state index in [1.165, 1.54) is 0 Å². The number of aryl methyl sites for hydroxylation is 1. The minimum atomic E-state index is 0.508. The van der Waals surface area contributed by atoms with Gasteiger partial charge in [-0.25, -0.2) is 4.98 Å². The lowest BCUT2D eigenvalue weighted by molar-refractivity contribution is 1.21. The molecule has 62 valence electrons. The van der Waals surface area contributed by atoms with Crippen LogP contribution in [0.1, 0.15) is 5.56 Å². The second-order valence-electron chi connectivity index (χ2n) is 2.38. The minimum absolute atomic E-state index is 0.508. The number of nitrogens with zero attached hydrogens (tertiary/aromatic N) is 1. The topological polar surface area (TPSA) is 24.9 Å². The molecule has 0 bridgehead atoms. The molecule has 0 fully saturated rings. The van der Waals surface area contributed by atoms with Gasteiger partial charge < -0.3 is 5.32 Å². The molecule has 12 heavy (non-hydrogen) atoms. The summed E-state index contributed by atoms with van der Waals surface area (Å²) in [5.41, 5.74) is 1.14. The lowest BCUT2D eigenvalue weighted by atomic mass is 10.3. The van der Waals surface area contributed by atoms with Crippen LogP contribution in [0.3, 0.4) is 0 Å². The van der Waals surface area contributed by atoms with Crippen molar-refractivity contribution in [1.29, 1.82) is 0 Å². The van der Waals surface area contributed by atoms with Gasteiger partial charge in [0, 0.05) is 10.7 Å². The number of hydrogen-bond acceptors (Lipinski definition) is 2. The van der Waals surface area contributed by atoms with Crippen molar-refractivity contribution in [3.8, 4) is 12.3 Å². The molecule has 3 heteroatoms. The van der Waals surface area contributed by atoms with Gasteiger partial charge in [0.15, 0.2) is 0 Å². The van der Waals surface area contributed by atoms with E-state index in [1.807, 2.05) is 13.0 Å². The van der Waals surface area contributed by atoms with Crippen LogP contribution in [0.2, 0.25) is 0 Å². The fourth-order valence-corrected chi connectivity index (χ4v) is 0.994. The third-order valence-corrected chi connectivity index (χ3v) is 2.25. The van der Waals surface area contributed by atoms with Crippen molar-refractivity contribution in [2.75, 3.05) is 11.9 Å². The Balaban J connectivity index is 2.77. The molecular formula is C9H9BrN2. The van der Waals surface area contributed by atoms with E-state index in [2.05, 4.69) is 32.2 Å². The van der Waals surface area contributed by atoms with Gasteiger partial charge in [0.25, 0.3) is 0 Å². The monoisotopic (exact) mass is 224 g/mol. The summed E-state index contributed by atoms with van der Waals surface area (Å²) in [5, 5.41) is 2.99. The Bertz CT molecular complexity index is 315. The molecule has 1 aromatic heterocycles. The SMILES string of the molecule is C#CCNc1cc(C)c(Br)cn1. The van der Waals surface area contributed by atoms with Gasteiger partial charge in [-0.05, 0) is 34.5 Å². The van der Waals surface area contributed by atoms with Gasteiger partial charge in [-0.1, -0.05) is 5.92 Å². The van der Waals surface area contributed by atoms with Crippen LogP contribution in [0.4, 0.5) is 5.82 Å². The predicted octanol–water partition coefficient (Wildman–Crippen LogP) is 2.20. The van der Waals surface area contributed by atoms with Gasteiger partial charge in [-0.15, -0.1) is 6.42 Å².